The normalized spacial score (nSPS) is 10.2. The van der Waals surface area contributed by atoms with Crippen LogP contribution in [0.2, 0.25) is 5.02 Å². The number of carbonyl (C=O) groups excluding carboxylic acids is 1. The minimum absolute atomic E-state index is 0.142. The quantitative estimate of drug-likeness (QED) is 0.874. The summed E-state index contributed by atoms with van der Waals surface area (Å²) in [5.41, 5.74) is 0.757. The van der Waals surface area contributed by atoms with Crippen LogP contribution in [0.3, 0.4) is 0 Å². The first kappa shape index (κ1) is 15.3. The Bertz CT molecular complexity index is 649. The SMILES string of the molecule is O=C(CCNc1ccc(F)cc1F)Nc1cccc(Cl)c1. The van der Waals surface area contributed by atoms with E-state index < -0.39 is 11.6 Å². The molecule has 0 spiro atoms. The molecule has 0 unspecified atom stereocenters. The van der Waals surface area contributed by atoms with Gasteiger partial charge in [-0.1, -0.05) is 17.7 Å². The standard InChI is InChI=1S/C15H13ClF2N2O/c16-10-2-1-3-12(8-10)20-15(21)6-7-19-14-5-4-11(17)9-13(14)18/h1-5,8-9,19H,6-7H2,(H,20,21). The van der Waals surface area contributed by atoms with Gasteiger partial charge in [-0.05, 0) is 30.3 Å². The summed E-state index contributed by atoms with van der Waals surface area (Å²) in [6.07, 6.45) is 0.142. The van der Waals surface area contributed by atoms with Gasteiger partial charge in [0, 0.05) is 29.7 Å². The number of benzene rings is 2. The van der Waals surface area contributed by atoms with Gasteiger partial charge in [-0.15, -0.1) is 0 Å². The highest BCUT2D eigenvalue weighted by atomic mass is 35.5. The van der Waals surface area contributed by atoms with Gasteiger partial charge in [0.1, 0.15) is 11.6 Å². The molecule has 0 aliphatic rings. The Kier molecular flexibility index (Phi) is 5.11. The first-order valence-corrected chi connectivity index (χ1v) is 6.67. The van der Waals surface area contributed by atoms with Crippen molar-refractivity contribution in [3.63, 3.8) is 0 Å². The van der Waals surface area contributed by atoms with E-state index in [4.69, 9.17) is 11.6 Å². The predicted molar refractivity (Wildman–Crippen MR) is 79.5 cm³/mol. The lowest BCUT2D eigenvalue weighted by Gasteiger charge is -2.08. The van der Waals surface area contributed by atoms with Crippen LogP contribution in [-0.2, 0) is 4.79 Å². The first-order chi connectivity index (χ1) is 10.0. The van der Waals surface area contributed by atoms with Crippen LogP contribution < -0.4 is 10.6 Å². The number of hydrogen-bond donors (Lipinski definition) is 2. The molecule has 1 amide bonds. The van der Waals surface area contributed by atoms with E-state index in [2.05, 4.69) is 10.6 Å². The average Bonchev–Trinajstić information content (AvgIpc) is 2.41. The summed E-state index contributed by atoms with van der Waals surface area (Å²) in [5.74, 6) is -1.56. The van der Waals surface area contributed by atoms with Gasteiger partial charge in [-0.3, -0.25) is 4.79 Å². The van der Waals surface area contributed by atoms with Crippen LogP contribution in [0.25, 0.3) is 0 Å². The zero-order valence-electron chi connectivity index (χ0n) is 11.0. The van der Waals surface area contributed by atoms with Crippen molar-refractivity contribution in [3.8, 4) is 0 Å². The highest BCUT2D eigenvalue weighted by Gasteiger charge is 2.05. The predicted octanol–water partition coefficient (Wildman–Crippen LogP) is 4.06. The summed E-state index contributed by atoms with van der Waals surface area (Å²) in [7, 11) is 0. The van der Waals surface area contributed by atoms with E-state index in [1.165, 1.54) is 6.07 Å². The largest absolute Gasteiger partial charge is 0.382 e. The zero-order valence-corrected chi connectivity index (χ0v) is 11.8. The molecule has 2 N–H and O–H groups in total. The van der Waals surface area contributed by atoms with Crippen molar-refractivity contribution >= 4 is 28.9 Å². The molecule has 0 aliphatic heterocycles. The van der Waals surface area contributed by atoms with E-state index in [-0.39, 0.29) is 24.6 Å². The molecule has 0 fully saturated rings. The van der Waals surface area contributed by atoms with Crippen molar-refractivity contribution in [2.24, 2.45) is 0 Å². The van der Waals surface area contributed by atoms with Gasteiger partial charge in [0.05, 0.1) is 5.69 Å². The number of halogens is 3. The van der Waals surface area contributed by atoms with Gasteiger partial charge in [-0.2, -0.15) is 0 Å². The Morgan fingerprint density at radius 2 is 1.95 bits per heavy atom. The van der Waals surface area contributed by atoms with Crippen LogP contribution in [0.15, 0.2) is 42.5 Å². The van der Waals surface area contributed by atoms with Crippen molar-refractivity contribution < 1.29 is 13.6 Å². The van der Waals surface area contributed by atoms with Crippen molar-refractivity contribution in [1.29, 1.82) is 0 Å². The second-order valence-electron chi connectivity index (χ2n) is 4.36. The van der Waals surface area contributed by atoms with E-state index >= 15 is 0 Å². The topological polar surface area (TPSA) is 41.1 Å². The molecule has 2 rings (SSSR count). The molecular weight excluding hydrogens is 298 g/mol. The van der Waals surface area contributed by atoms with Crippen LogP contribution in [0.1, 0.15) is 6.42 Å². The highest BCUT2D eigenvalue weighted by Crippen LogP contribution is 2.16. The number of carbonyl (C=O) groups is 1. The van der Waals surface area contributed by atoms with Crippen LogP contribution in [0.4, 0.5) is 20.2 Å². The third-order valence-corrected chi connectivity index (χ3v) is 2.94. The maximum Gasteiger partial charge on any atom is 0.226 e. The Morgan fingerprint density at radius 3 is 2.67 bits per heavy atom. The van der Waals surface area contributed by atoms with E-state index in [1.807, 2.05) is 0 Å². The van der Waals surface area contributed by atoms with Crippen LogP contribution in [0, 0.1) is 11.6 Å². The Labute approximate surface area is 125 Å². The van der Waals surface area contributed by atoms with Gasteiger partial charge in [-0.25, -0.2) is 8.78 Å². The van der Waals surface area contributed by atoms with E-state index in [1.54, 1.807) is 24.3 Å². The molecular formula is C15H13ClF2N2O. The molecule has 6 heteroatoms. The Morgan fingerprint density at radius 1 is 1.14 bits per heavy atom. The molecule has 0 aromatic heterocycles. The first-order valence-electron chi connectivity index (χ1n) is 6.29. The molecule has 2 aromatic carbocycles. The van der Waals surface area contributed by atoms with Gasteiger partial charge in [0.15, 0.2) is 0 Å². The van der Waals surface area contributed by atoms with Crippen molar-refractivity contribution in [2.45, 2.75) is 6.42 Å². The molecule has 0 saturated carbocycles. The maximum atomic E-state index is 13.3. The van der Waals surface area contributed by atoms with E-state index in [9.17, 15) is 13.6 Å². The van der Waals surface area contributed by atoms with Gasteiger partial charge >= 0.3 is 0 Å². The molecule has 0 radical (unpaired) electrons. The lowest BCUT2D eigenvalue weighted by molar-refractivity contribution is -0.115. The Hall–Kier alpha value is -2.14. The molecule has 0 atom stereocenters. The maximum absolute atomic E-state index is 13.3. The summed E-state index contributed by atoms with van der Waals surface area (Å²) in [6.45, 7) is 0.231. The summed E-state index contributed by atoms with van der Waals surface area (Å²) in [5, 5.41) is 5.94. The molecule has 3 nitrogen and oxygen atoms in total. The second-order valence-corrected chi connectivity index (χ2v) is 4.80. The summed E-state index contributed by atoms with van der Waals surface area (Å²) >= 11 is 5.81. The highest BCUT2D eigenvalue weighted by molar-refractivity contribution is 6.30. The molecule has 0 bridgehead atoms. The number of anilines is 2. The molecule has 0 aliphatic carbocycles. The third kappa shape index (κ3) is 4.72. The number of rotatable bonds is 5. The fraction of sp³-hybridized carbons (Fsp3) is 0.133. The smallest absolute Gasteiger partial charge is 0.226 e. The number of nitrogens with one attached hydrogen (secondary N) is 2. The number of amides is 1. The third-order valence-electron chi connectivity index (χ3n) is 2.71. The molecule has 21 heavy (non-hydrogen) atoms. The number of hydrogen-bond acceptors (Lipinski definition) is 2. The van der Waals surface area contributed by atoms with Crippen molar-refractivity contribution in [3.05, 3.63) is 59.1 Å². The van der Waals surface area contributed by atoms with Gasteiger partial charge in [0.2, 0.25) is 5.91 Å². The van der Waals surface area contributed by atoms with Gasteiger partial charge < -0.3 is 10.6 Å². The summed E-state index contributed by atoms with van der Waals surface area (Å²) in [4.78, 5) is 11.7. The van der Waals surface area contributed by atoms with Crippen LogP contribution in [-0.4, -0.2) is 12.5 Å². The van der Waals surface area contributed by atoms with Crippen LogP contribution >= 0.6 is 11.6 Å². The monoisotopic (exact) mass is 310 g/mol. The summed E-state index contributed by atoms with van der Waals surface area (Å²) in [6, 6.07) is 10.0. The van der Waals surface area contributed by atoms with Crippen molar-refractivity contribution in [1.82, 2.24) is 0 Å². The molecule has 110 valence electrons. The zero-order chi connectivity index (χ0) is 15.2. The molecule has 0 saturated heterocycles. The lowest BCUT2D eigenvalue weighted by atomic mass is 10.2. The molecule has 2 aromatic rings. The minimum atomic E-state index is -0.690. The molecule has 0 heterocycles. The Balaban J connectivity index is 1.81. The lowest BCUT2D eigenvalue weighted by Crippen LogP contribution is -2.16. The van der Waals surface area contributed by atoms with Crippen LogP contribution in [0.5, 0.6) is 0 Å². The average molecular weight is 311 g/mol. The fourth-order valence-electron chi connectivity index (χ4n) is 1.73. The summed E-state index contributed by atoms with van der Waals surface area (Å²) < 4.78 is 26.1. The minimum Gasteiger partial charge on any atom is -0.382 e. The van der Waals surface area contributed by atoms with E-state index in [0.29, 0.717) is 10.7 Å². The second kappa shape index (κ2) is 7.04. The van der Waals surface area contributed by atoms with Crippen molar-refractivity contribution in [2.75, 3.05) is 17.2 Å². The van der Waals surface area contributed by atoms with Gasteiger partial charge in [0.25, 0.3) is 0 Å². The van der Waals surface area contributed by atoms with E-state index in [0.717, 1.165) is 12.1 Å². The fourth-order valence-corrected chi connectivity index (χ4v) is 1.92.